The molecule has 0 saturated carbocycles. The molecule has 1 aromatic carbocycles. The van der Waals surface area contributed by atoms with Gasteiger partial charge in [0, 0.05) is 18.3 Å². The lowest BCUT2D eigenvalue weighted by molar-refractivity contribution is 0.426. The van der Waals surface area contributed by atoms with E-state index in [-0.39, 0.29) is 10.8 Å². The highest BCUT2D eigenvalue weighted by molar-refractivity contribution is 6.30. The first kappa shape index (κ1) is 12.8. The van der Waals surface area contributed by atoms with E-state index in [1.165, 1.54) is 12.1 Å². The number of aryl methyl sites for hydroxylation is 1. The highest BCUT2D eigenvalue weighted by Gasteiger charge is 2.09. The molecule has 0 atom stereocenters. The van der Waals surface area contributed by atoms with E-state index >= 15 is 0 Å². The maximum absolute atomic E-state index is 13.7. The van der Waals surface area contributed by atoms with Crippen LogP contribution in [0.3, 0.4) is 0 Å². The van der Waals surface area contributed by atoms with Gasteiger partial charge in [0.2, 0.25) is 5.88 Å². The van der Waals surface area contributed by atoms with E-state index < -0.39 is 5.82 Å². The molecule has 2 N–H and O–H groups in total. The molecule has 0 radical (unpaired) electrons. The highest BCUT2D eigenvalue weighted by atomic mass is 35.5. The number of rotatable bonds is 3. The molecular weight excluding hydrogens is 255 g/mol. The molecule has 1 heterocycles. The van der Waals surface area contributed by atoms with Gasteiger partial charge in [0.15, 0.2) is 11.6 Å². The maximum Gasteiger partial charge on any atom is 0.219 e. The van der Waals surface area contributed by atoms with E-state index in [0.717, 1.165) is 11.3 Å². The van der Waals surface area contributed by atoms with Gasteiger partial charge in [-0.1, -0.05) is 17.7 Å². The van der Waals surface area contributed by atoms with Gasteiger partial charge in [0.1, 0.15) is 0 Å². The Balaban J connectivity index is 2.34. The number of nitrogens with two attached hydrogens (primary N) is 1. The van der Waals surface area contributed by atoms with Crippen LogP contribution in [0.1, 0.15) is 11.3 Å². The summed E-state index contributed by atoms with van der Waals surface area (Å²) in [7, 11) is 0. The van der Waals surface area contributed by atoms with Crippen LogP contribution in [0.25, 0.3) is 0 Å². The predicted octanol–water partition coefficient (Wildman–Crippen LogP) is 3.43. The quantitative estimate of drug-likeness (QED) is 0.926. The minimum atomic E-state index is -0.600. The number of nitrogens with zero attached hydrogens (tertiary/aromatic N) is 1. The number of aromatic nitrogens is 1. The Morgan fingerprint density at radius 1 is 1.39 bits per heavy atom. The van der Waals surface area contributed by atoms with E-state index in [4.69, 9.17) is 22.1 Å². The molecule has 0 saturated heterocycles. The Morgan fingerprint density at radius 3 is 2.89 bits per heavy atom. The van der Waals surface area contributed by atoms with Crippen molar-refractivity contribution in [1.82, 2.24) is 4.98 Å². The lowest BCUT2D eigenvalue weighted by Gasteiger charge is -2.08. The average Bonchev–Trinajstić information content (AvgIpc) is 2.34. The van der Waals surface area contributed by atoms with Crippen molar-refractivity contribution in [2.45, 2.75) is 13.5 Å². The highest BCUT2D eigenvalue weighted by Crippen LogP contribution is 2.28. The Hall–Kier alpha value is -1.65. The molecule has 0 amide bonds. The summed E-state index contributed by atoms with van der Waals surface area (Å²) in [5.41, 5.74) is 7.19. The van der Waals surface area contributed by atoms with Crippen molar-refractivity contribution in [3.63, 3.8) is 0 Å². The van der Waals surface area contributed by atoms with Gasteiger partial charge in [-0.25, -0.2) is 9.37 Å². The third-order valence-electron chi connectivity index (χ3n) is 2.36. The van der Waals surface area contributed by atoms with Crippen molar-refractivity contribution < 1.29 is 9.13 Å². The summed E-state index contributed by atoms with van der Waals surface area (Å²) in [4.78, 5) is 4.16. The van der Waals surface area contributed by atoms with Gasteiger partial charge in [0.05, 0.1) is 5.02 Å². The minimum absolute atomic E-state index is 0.0131. The third-order valence-corrected chi connectivity index (χ3v) is 2.65. The molecule has 0 aliphatic rings. The monoisotopic (exact) mass is 266 g/mol. The van der Waals surface area contributed by atoms with Crippen molar-refractivity contribution in [2.24, 2.45) is 5.73 Å². The second-order valence-corrected chi connectivity index (χ2v) is 4.22. The van der Waals surface area contributed by atoms with Gasteiger partial charge >= 0.3 is 0 Å². The van der Waals surface area contributed by atoms with Crippen LogP contribution in [0, 0.1) is 12.7 Å². The van der Waals surface area contributed by atoms with Crippen LogP contribution in [-0.4, -0.2) is 4.98 Å². The molecule has 2 aromatic rings. The summed E-state index contributed by atoms with van der Waals surface area (Å²) in [6.45, 7) is 2.19. The van der Waals surface area contributed by atoms with Gasteiger partial charge < -0.3 is 10.5 Å². The second-order valence-electron chi connectivity index (χ2n) is 3.81. The molecule has 94 valence electrons. The average molecular weight is 267 g/mol. The van der Waals surface area contributed by atoms with Crippen LogP contribution in [0.15, 0.2) is 30.3 Å². The fraction of sp³-hybridized carbons (Fsp3) is 0.154. The SMILES string of the molecule is Cc1cc(CN)cc(Oc2cccc(Cl)c2F)n1. The molecule has 0 bridgehead atoms. The third kappa shape index (κ3) is 2.78. The van der Waals surface area contributed by atoms with Crippen molar-refractivity contribution >= 4 is 11.6 Å². The Bertz CT molecular complexity index is 575. The normalized spacial score (nSPS) is 10.4. The number of hydrogen-bond acceptors (Lipinski definition) is 3. The fourth-order valence-corrected chi connectivity index (χ4v) is 1.72. The minimum Gasteiger partial charge on any atom is -0.436 e. The number of ether oxygens (including phenoxy) is 1. The summed E-state index contributed by atoms with van der Waals surface area (Å²) in [6, 6.07) is 8.08. The van der Waals surface area contributed by atoms with Crippen molar-refractivity contribution in [2.75, 3.05) is 0 Å². The number of halogens is 2. The zero-order valence-electron chi connectivity index (χ0n) is 9.78. The summed E-state index contributed by atoms with van der Waals surface area (Å²) in [5.74, 6) is -0.253. The number of hydrogen-bond donors (Lipinski definition) is 1. The summed E-state index contributed by atoms with van der Waals surface area (Å²) in [6.07, 6.45) is 0. The van der Waals surface area contributed by atoms with Crippen molar-refractivity contribution in [3.05, 3.63) is 52.4 Å². The van der Waals surface area contributed by atoms with Gasteiger partial charge in [-0.3, -0.25) is 0 Å². The Kier molecular flexibility index (Phi) is 3.79. The Labute approximate surface area is 109 Å². The van der Waals surface area contributed by atoms with Crippen LogP contribution >= 0.6 is 11.6 Å². The van der Waals surface area contributed by atoms with E-state index in [1.54, 1.807) is 12.1 Å². The first-order valence-electron chi connectivity index (χ1n) is 5.39. The van der Waals surface area contributed by atoms with Gasteiger partial charge in [-0.05, 0) is 30.7 Å². The number of pyridine rings is 1. The van der Waals surface area contributed by atoms with E-state index in [2.05, 4.69) is 4.98 Å². The standard InChI is InChI=1S/C13H12ClFN2O/c1-8-5-9(7-16)6-12(17-8)18-11-4-2-3-10(14)13(11)15/h2-6H,7,16H2,1H3. The lowest BCUT2D eigenvalue weighted by atomic mass is 10.2. The molecule has 1 aromatic heterocycles. The topological polar surface area (TPSA) is 48.1 Å². The first-order chi connectivity index (χ1) is 8.60. The summed E-state index contributed by atoms with van der Waals surface area (Å²) in [5, 5.41) is 0.0131. The van der Waals surface area contributed by atoms with Crippen molar-refractivity contribution in [3.8, 4) is 11.6 Å². The lowest BCUT2D eigenvalue weighted by Crippen LogP contribution is -2.00. The van der Waals surface area contributed by atoms with Gasteiger partial charge in [0.25, 0.3) is 0 Å². The van der Waals surface area contributed by atoms with Crippen LogP contribution < -0.4 is 10.5 Å². The fourth-order valence-electron chi connectivity index (χ4n) is 1.55. The first-order valence-corrected chi connectivity index (χ1v) is 5.77. The predicted molar refractivity (Wildman–Crippen MR) is 68.3 cm³/mol. The molecule has 5 heteroatoms. The van der Waals surface area contributed by atoms with Gasteiger partial charge in [-0.15, -0.1) is 0 Å². The molecule has 0 aliphatic heterocycles. The largest absolute Gasteiger partial charge is 0.436 e. The molecule has 0 spiro atoms. The van der Waals surface area contributed by atoms with E-state index in [1.807, 2.05) is 13.0 Å². The molecular formula is C13H12ClFN2O. The summed E-state index contributed by atoms with van der Waals surface area (Å²) >= 11 is 5.67. The molecule has 0 unspecified atom stereocenters. The van der Waals surface area contributed by atoms with E-state index in [0.29, 0.717) is 12.4 Å². The van der Waals surface area contributed by atoms with Crippen LogP contribution in [0.5, 0.6) is 11.6 Å². The number of benzene rings is 1. The molecule has 2 rings (SSSR count). The van der Waals surface area contributed by atoms with E-state index in [9.17, 15) is 4.39 Å². The molecule has 0 fully saturated rings. The maximum atomic E-state index is 13.7. The zero-order chi connectivity index (χ0) is 13.1. The van der Waals surface area contributed by atoms with Gasteiger partial charge in [-0.2, -0.15) is 0 Å². The Morgan fingerprint density at radius 2 is 2.17 bits per heavy atom. The van der Waals surface area contributed by atoms with Crippen LogP contribution in [0.4, 0.5) is 4.39 Å². The molecule has 0 aliphatic carbocycles. The van der Waals surface area contributed by atoms with Crippen molar-refractivity contribution in [1.29, 1.82) is 0 Å². The van der Waals surface area contributed by atoms with Crippen LogP contribution in [-0.2, 0) is 6.54 Å². The summed E-state index contributed by atoms with van der Waals surface area (Å²) < 4.78 is 19.0. The molecule has 18 heavy (non-hydrogen) atoms. The second kappa shape index (κ2) is 5.33. The zero-order valence-corrected chi connectivity index (χ0v) is 10.5. The van der Waals surface area contributed by atoms with Crippen LogP contribution in [0.2, 0.25) is 5.02 Å². The molecule has 3 nitrogen and oxygen atoms in total. The smallest absolute Gasteiger partial charge is 0.219 e.